The van der Waals surface area contributed by atoms with Crippen LogP contribution in [0.2, 0.25) is 0 Å². The van der Waals surface area contributed by atoms with E-state index in [0.29, 0.717) is 11.5 Å². The molecule has 0 atom stereocenters. The first-order chi connectivity index (χ1) is 12.7. The molecule has 0 spiro atoms. The van der Waals surface area contributed by atoms with Crippen molar-refractivity contribution in [1.82, 2.24) is 9.97 Å². The Labute approximate surface area is 156 Å². The smallest absolute Gasteiger partial charge is 0.248 e. The number of hydrogen-bond acceptors (Lipinski definition) is 5. The van der Waals surface area contributed by atoms with Gasteiger partial charge in [-0.05, 0) is 49.4 Å². The van der Waals surface area contributed by atoms with E-state index >= 15 is 0 Å². The molecule has 1 aromatic heterocycles. The number of benzene rings is 2. The highest BCUT2D eigenvalue weighted by Crippen LogP contribution is 2.33. The number of thioether (sulfide) groups is 1. The van der Waals surface area contributed by atoms with E-state index in [9.17, 15) is 4.79 Å². The minimum atomic E-state index is -0.453. The van der Waals surface area contributed by atoms with Gasteiger partial charge in [0, 0.05) is 27.2 Å². The first-order valence-electron chi connectivity index (χ1n) is 8.05. The van der Waals surface area contributed by atoms with E-state index < -0.39 is 5.91 Å². The third-order valence-corrected chi connectivity index (χ3v) is 4.74. The van der Waals surface area contributed by atoms with Crippen molar-refractivity contribution >= 4 is 34.2 Å². The maximum atomic E-state index is 11.1. The van der Waals surface area contributed by atoms with Gasteiger partial charge in [0.05, 0.1) is 5.69 Å². The van der Waals surface area contributed by atoms with E-state index in [0.717, 1.165) is 21.2 Å². The van der Waals surface area contributed by atoms with Crippen LogP contribution >= 0.6 is 11.8 Å². The highest BCUT2D eigenvalue weighted by atomic mass is 32.2. The largest absolute Gasteiger partial charge is 0.366 e. The molecule has 0 aliphatic heterocycles. The molecule has 0 fully saturated rings. The fourth-order valence-corrected chi connectivity index (χ4v) is 3.16. The van der Waals surface area contributed by atoms with Crippen molar-refractivity contribution in [2.24, 2.45) is 5.73 Å². The Morgan fingerprint density at radius 3 is 2.46 bits per heavy atom. The fraction of sp³-hybridized carbons (Fsp3) is 0.0500. The van der Waals surface area contributed by atoms with Gasteiger partial charge in [0.2, 0.25) is 11.9 Å². The van der Waals surface area contributed by atoms with Crippen LogP contribution in [-0.2, 0) is 0 Å². The summed E-state index contributed by atoms with van der Waals surface area (Å²) in [7, 11) is 0. The molecule has 6 heteroatoms. The average molecular weight is 362 g/mol. The SMILES string of the molecule is C/C=C(\Sc1ccccc1)c1ccnc(Nc2ccc(C(N)=O)cc2)n1. The molecular weight excluding hydrogens is 344 g/mol. The Kier molecular flexibility index (Phi) is 5.66. The maximum Gasteiger partial charge on any atom is 0.248 e. The van der Waals surface area contributed by atoms with Gasteiger partial charge in [-0.25, -0.2) is 9.97 Å². The molecular formula is C20H18N4OS. The number of carbonyl (C=O) groups is 1. The second-order valence-corrected chi connectivity index (χ2v) is 6.52. The van der Waals surface area contributed by atoms with Gasteiger partial charge >= 0.3 is 0 Å². The summed E-state index contributed by atoms with van der Waals surface area (Å²) in [5.41, 5.74) is 7.34. The Morgan fingerprint density at radius 2 is 1.81 bits per heavy atom. The molecule has 1 amide bonds. The molecule has 0 aliphatic carbocycles. The van der Waals surface area contributed by atoms with Crippen LogP contribution < -0.4 is 11.1 Å². The van der Waals surface area contributed by atoms with Crippen LogP contribution in [0.25, 0.3) is 4.91 Å². The van der Waals surface area contributed by atoms with Crippen molar-refractivity contribution in [3.63, 3.8) is 0 Å². The normalized spacial score (nSPS) is 11.2. The fourth-order valence-electron chi connectivity index (χ4n) is 2.28. The lowest BCUT2D eigenvalue weighted by Crippen LogP contribution is -2.10. The van der Waals surface area contributed by atoms with Gasteiger partial charge in [-0.15, -0.1) is 0 Å². The molecule has 130 valence electrons. The maximum absolute atomic E-state index is 11.1. The number of nitrogens with one attached hydrogen (secondary N) is 1. The minimum Gasteiger partial charge on any atom is -0.366 e. The van der Waals surface area contributed by atoms with Gasteiger partial charge in [0.1, 0.15) is 0 Å². The Balaban J connectivity index is 1.77. The summed E-state index contributed by atoms with van der Waals surface area (Å²) < 4.78 is 0. The first kappa shape index (κ1) is 17.7. The Bertz CT molecular complexity index is 924. The van der Waals surface area contributed by atoms with E-state index in [1.807, 2.05) is 37.3 Å². The topological polar surface area (TPSA) is 80.9 Å². The molecule has 3 N–H and O–H groups in total. The lowest BCUT2D eigenvalue weighted by Gasteiger charge is -2.09. The van der Waals surface area contributed by atoms with Crippen LogP contribution in [0, 0.1) is 0 Å². The van der Waals surface area contributed by atoms with Crippen molar-refractivity contribution in [3.05, 3.63) is 84.2 Å². The Morgan fingerprint density at radius 1 is 1.08 bits per heavy atom. The van der Waals surface area contributed by atoms with Gasteiger partial charge in [0.25, 0.3) is 0 Å². The zero-order chi connectivity index (χ0) is 18.4. The molecule has 0 radical (unpaired) electrons. The summed E-state index contributed by atoms with van der Waals surface area (Å²) in [6, 6.07) is 18.9. The van der Waals surface area contributed by atoms with Gasteiger partial charge in [-0.2, -0.15) is 0 Å². The van der Waals surface area contributed by atoms with Gasteiger partial charge in [-0.1, -0.05) is 36.0 Å². The zero-order valence-corrected chi connectivity index (χ0v) is 15.0. The molecule has 26 heavy (non-hydrogen) atoms. The van der Waals surface area contributed by atoms with Crippen molar-refractivity contribution in [2.75, 3.05) is 5.32 Å². The van der Waals surface area contributed by atoms with Crippen molar-refractivity contribution < 1.29 is 4.79 Å². The number of primary amides is 1. The lowest BCUT2D eigenvalue weighted by atomic mass is 10.2. The van der Waals surface area contributed by atoms with E-state index in [-0.39, 0.29) is 0 Å². The molecule has 0 aliphatic rings. The number of anilines is 2. The number of carbonyl (C=O) groups excluding carboxylic acids is 1. The molecule has 0 saturated carbocycles. The summed E-state index contributed by atoms with van der Waals surface area (Å²) in [5, 5.41) is 3.14. The standard InChI is InChI=1S/C20H18N4OS/c1-2-18(26-16-6-4-3-5-7-16)17-12-13-22-20(24-17)23-15-10-8-14(9-11-15)19(21)25/h2-13H,1H3,(H2,21,25)(H,22,23,24)/b18-2-. The lowest BCUT2D eigenvalue weighted by molar-refractivity contribution is 0.100. The molecule has 3 aromatic rings. The van der Waals surface area contributed by atoms with Crippen LogP contribution in [0.3, 0.4) is 0 Å². The summed E-state index contributed by atoms with van der Waals surface area (Å²) in [5.74, 6) is 0.0350. The summed E-state index contributed by atoms with van der Waals surface area (Å²) >= 11 is 1.65. The van der Waals surface area contributed by atoms with Crippen LogP contribution in [0.5, 0.6) is 0 Å². The second-order valence-electron chi connectivity index (χ2n) is 5.40. The van der Waals surface area contributed by atoms with Crippen molar-refractivity contribution in [3.8, 4) is 0 Å². The number of hydrogen-bond donors (Lipinski definition) is 2. The van der Waals surface area contributed by atoms with Crippen LogP contribution in [0.4, 0.5) is 11.6 Å². The summed E-state index contributed by atoms with van der Waals surface area (Å²) in [4.78, 5) is 22.2. The van der Waals surface area contributed by atoms with E-state index in [1.165, 1.54) is 0 Å². The number of aromatic nitrogens is 2. The number of allylic oxidation sites excluding steroid dienone is 1. The summed E-state index contributed by atoms with van der Waals surface area (Å²) in [6.45, 7) is 1.99. The predicted molar refractivity (Wildman–Crippen MR) is 106 cm³/mol. The van der Waals surface area contributed by atoms with E-state index in [2.05, 4.69) is 27.4 Å². The first-order valence-corrected chi connectivity index (χ1v) is 8.87. The van der Waals surface area contributed by atoms with Crippen LogP contribution in [0.15, 0.2) is 77.8 Å². The molecule has 1 heterocycles. The number of rotatable bonds is 6. The van der Waals surface area contributed by atoms with Gasteiger partial charge < -0.3 is 11.1 Å². The minimum absolute atomic E-state index is 0.453. The number of nitrogens with zero attached hydrogens (tertiary/aromatic N) is 2. The average Bonchev–Trinajstić information content (AvgIpc) is 2.67. The van der Waals surface area contributed by atoms with Crippen LogP contribution in [0.1, 0.15) is 23.0 Å². The van der Waals surface area contributed by atoms with E-state index in [4.69, 9.17) is 5.73 Å². The molecule has 0 unspecified atom stereocenters. The quantitative estimate of drug-likeness (QED) is 0.632. The van der Waals surface area contributed by atoms with Gasteiger partial charge in [0.15, 0.2) is 0 Å². The molecule has 0 saturated heterocycles. The third-order valence-electron chi connectivity index (χ3n) is 3.57. The summed E-state index contributed by atoms with van der Waals surface area (Å²) in [6.07, 6.45) is 3.75. The molecule has 2 aromatic carbocycles. The second kappa shape index (κ2) is 8.31. The third kappa shape index (κ3) is 4.49. The predicted octanol–water partition coefficient (Wildman–Crippen LogP) is 4.47. The van der Waals surface area contributed by atoms with E-state index in [1.54, 1.807) is 42.2 Å². The van der Waals surface area contributed by atoms with Gasteiger partial charge in [-0.3, -0.25) is 4.79 Å². The van der Waals surface area contributed by atoms with Crippen molar-refractivity contribution in [2.45, 2.75) is 11.8 Å². The monoisotopic (exact) mass is 362 g/mol. The van der Waals surface area contributed by atoms with Crippen molar-refractivity contribution in [1.29, 1.82) is 0 Å². The molecule has 5 nitrogen and oxygen atoms in total. The molecule has 0 bridgehead atoms. The Hall–Kier alpha value is -3.12. The highest BCUT2D eigenvalue weighted by Gasteiger charge is 2.07. The number of amides is 1. The zero-order valence-electron chi connectivity index (χ0n) is 14.2. The number of nitrogens with two attached hydrogens (primary N) is 1. The molecule has 3 rings (SSSR count). The van der Waals surface area contributed by atoms with Crippen LogP contribution in [-0.4, -0.2) is 15.9 Å². The highest BCUT2D eigenvalue weighted by molar-refractivity contribution is 8.08.